The first-order valence-electron chi connectivity index (χ1n) is 11.4. The van der Waals surface area contributed by atoms with Crippen molar-refractivity contribution < 1.29 is 14.3 Å². The van der Waals surface area contributed by atoms with Gasteiger partial charge in [0.15, 0.2) is 17.3 Å². The Labute approximate surface area is 238 Å². The number of benzene rings is 3. The number of methoxy groups -OCH3 is 1. The van der Waals surface area contributed by atoms with Crippen LogP contribution in [0.2, 0.25) is 10.0 Å². The molecule has 0 unspecified atom stereocenters. The third-order valence-corrected chi connectivity index (χ3v) is 7.98. The molecule has 0 saturated heterocycles. The van der Waals surface area contributed by atoms with E-state index in [-0.39, 0.29) is 11.4 Å². The molecule has 0 bridgehead atoms. The van der Waals surface area contributed by atoms with E-state index in [9.17, 15) is 4.79 Å². The summed E-state index contributed by atoms with van der Waals surface area (Å²) in [5.74, 6) is 1.27. The van der Waals surface area contributed by atoms with Gasteiger partial charge in [-0.05, 0) is 65.9 Å². The number of hydrogen-bond acceptors (Lipinski definition) is 7. The number of carbonyl (C=O) groups excluding carboxylic acids is 1. The minimum Gasteiger partial charge on any atom is -0.493 e. The summed E-state index contributed by atoms with van der Waals surface area (Å²) in [4.78, 5) is 18.1. The van der Waals surface area contributed by atoms with Gasteiger partial charge in [-0.3, -0.25) is 10.2 Å². The van der Waals surface area contributed by atoms with Crippen LogP contribution in [0.4, 0.5) is 0 Å². The number of hydrazone groups is 1. The first-order chi connectivity index (χ1) is 18.4. The minimum atomic E-state index is -0.511. The van der Waals surface area contributed by atoms with Gasteiger partial charge < -0.3 is 9.47 Å². The van der Waals surface area contributed by atoms with Crippen LogP contribution in [0, 0.1) is 5.41 Å². The molecule has 38 heavy (non-hydrogen) atoms. The average molecular weight is 584 g/mol. The number of amidine groups is 2. The van der Waals surface area contributed by atoms with Crippen molar-refractivity contribution in [1.82, 2.24) is 5.01 Å². The minimum absolute atomic E-state index is 0.0620. The van der Waals surface area contributed by atoms with Crippen molar-refractivity contribution in [2.24, 2.45) is 10.1 Å². The number of nitrogens with one attached hydrogen (secondary N) is 1. The number of fused-ring (bicyclic) bond motifs is 1. The standard InChI is InChI=1S/C27H20Cl2N4O3S2/c1-35-23-15-16(6-11-22(23)36-12-13-37-18-9-7-17(28)8-10-18)14-20-24(30)33-27(31-25(20)34)38-26(32-33)19-4-2-3-5-21(19)29/h2-11,14-15,30H,12-13H2,1H3. The number of carbonyl (C=O) groups is 1. The zero-order chi connectivity index (χ0) is 26.6. The molecule has 0 saturated carbocycles. The summed E-state index contributed by atoms with van der Waals surface area (Å²) < 4.78 is 11.4. The van der Waals surface area contributed by atoms with Crippen molar-refractivity contribution in [1.29, 1.82) is 5.41 Å². The lowest BCUT2D eigenvalue weighted by atomic mass is 10.1. The zero-order valence-corrected chi connectivity index (χ0v) is 23.1. The predicted molar refractivity (Wildman–Crippen MR) is 156 cm³/mol. The molecule has 2 aliphatic rings. The summed E-state index contributed by atoms with van der Waals surface area (Å²) in [5, 5.41) is 16.6. The Kier molecular flexibility index (Phi) is 8.09. The summed E-state index contributed by atoms with van der Waals surface area (Å²) in [6.07, 6.45) is 1.60. The molecule has 11 heteroatoms. The summed E-state index contributed by atoms with van der Waals surface area (Å²) in [6, 6.07) is 20.3. The number of aliphatic imine (C=N–C) groups is 1. The molecule has 2 aliphatic heterocycles. The monoisotopic (exact) mass is 582 g/mol. The van der Waals surface area contributed by atoms with E-state index < -0.39 is 5.91 Å². The van der Waals surface area contributed by atoms with E-state index in [1.807, 2.05) is 42.5 Å². The second-order valence-corrected chi connectivity index (χ2v) is 10.9. The summed E-state index contributed by atoms with van der Waals surface area (Å²) in [6.45, 7) is 0.475. The summed E-state index contributed by atoms with van der Waals surface area (Å²) in [5.41, 5.74) is 1.50. The van der Waals surface area contributed by atoms with Crippen molar-refractivity contribution in [3.05, 3.63) is 93.5 Å². The molecule has 1 amide bonds. The Bertz CT molecular complexity index is 1510. The largest absolute Gasteiger partial charge is 0.493 e. The van der Waals surface area contributed by atoms with Crippen molar-refractivity contribution in [2.45, 2.75) is 4.90 Å². The van der Waals surface area contributed by atoms with Gasteiger partial charge in [0.1, 0.15) is 5.04 Å². The Morgan fingerprint density at radius 3 is 2.63 bits per heavy atom. The Morgan fingerprint density at radius 1 is 1.08 bits per heavy atom. The molecule has 0 aliphatic carbocycles. The van der Waals surface area contributed by atoms with Gasteiger partial charge in [0, 0.05) is 21.2 Å². The van der Waals surface area contributed by atoms with Gasteiger partial charge in [-0.15, -0.1) is 11.8 Å². The lowest BCUT2D eigenvalue weighted by Crippen LogP contribution is -2.35. The predicted octanol–water partition coefficient (Wildman–Crippen LogP) is 6.84. The highest BCUT2D eigenvalue weighted by Gasteiger charge is 2.36. The molecule has 0 fully saturated rings. The molecule has 5 rings (SSSR count). The fourth-order valence-corrected chi connectivity index (χ4v) is 5.71. The first-order valence-corrected chi connectivity index (χ1v) is 13.9. The number of hydrogen-bond donors (Lipinski definition) is 1. The van der Waals surface area contributed by atoms with Gasteiger partial charge in [0.25, 0.3) is 5.91 Å². The van der Waals surface area contributed by atoms with Crippen LogP contribution >= 0.6 is 46.7 Å². The lowest BCUT2D eigenvalue weighted by molar-refractivity contribution is -0.114. The first kappa shape index (κ1) is 26.4. The molecule has 3 aromatic carbocycles. The molecule has 3 aromatic rings. The van der Waals surface area contributed by atoms with Crippen molar-refractivity contribution in [3.63, 3.8) is 0 Å². The van der Waals surface area contributed by atoms with E-state index >= 15 is 0 Å². The van der Waals surface area contributed by atoms with Crippen molar-refractivity contribution >= 4 is 74.8 Å². The topological polar surface area (TPSA) is 87.3 Å². The van der Waals surface area contributed by atoms with Crippen LogP contribution in [0.1, 0.15) is 11.1 Å². The molecule has 2 heterocycles. The van der Waals surface area contributed by atoms with E-state index in [4.69, 9.17) is 38.1 Å². The molecule has 0 atom stereocenters. The highest BCUT2D eigenvalue weighted by Crippen LogP contribution is 2.34. The Morgan fingerprint density at radius 2 is 1.87 bits per heavy atom. The normalized spacial score (nSPS) is 15.9. The maximum absolute atomic E-state index is 12.8. The van der Waals surface area contributed by atoms with Crippen molar-refractivity contribution in [3.8, 4) is 11.5 Å². The van der Waals surface area contributed by atoms with Gasteiger partial charge in [-0.25, -0.2) is 0 Å². The average Bonchev–Trinajstić information content (AvgIpc) is 3.34. The fourth-order valence-electron chi connectivity index (χ4n) is 3.64. The second kappa shape index (κ2) is 11.7. The second-order valence-electron chi connectivity index (χ2n) is 7.97. The number of ether oxygens (including phenoxy) is 2. The molecule has 0 spiro atoms. The van der Waals surface area contributed by atoms with E-state index in [2.05, 4.69) is 10.1 Å². The third-order valence-electron chi connectivity index (χ3n) is 5.48. The van der Waals surface area contributed by atoms with E-state index in [0.29, 0.717) is 49.5 Å². The van der Waals surface area contributed by atoms with Crippen LogP contribution in [0.25, 0.3) is 6.08 Å². The summed E-state index contributed by atoms with van der Waals surface area (Å²) >= 11 is 15.1. The third kappa shape index (κ3) is 5.76. The lowest BCUT2D eigenvalue weighted by Gasteiger charge is -2.20. The molecular formula is C27H20Cl2N4O3S2. The maximum atomic E-state index is 12.8. The molecular weight excluding hydrogens is 563 g/mol. The quantitative estimate of drug-likeness (QED) is 0.178. The smallest absolute Gasteiger partial charge is 0.283 e. The van der Waals surface area contributed by atoms with Crippen LogP contribution in [-0.4, -0.2) is 46.4 Å². The van der Waals surface area contributed by atoms with Gasteiger partial charge in [0.2, 0.25) is 5.17 Å². The van der Waals surface area contributed by atoms with Gasteiger partial charge in [-0.1, -0.05) is 47.5 Å². The van der Waals surface area contributed by atoms with E-state index in [0.717, 1.165) is 10.6 Å². The van der Waals surface area contributed by atoms with Crippen LogP contribution in [-0.2, 0) is 4.79 Å². The maximum Gasteiger partial charge on any atom is 0.283 e. The number of rotatable bonds is 8. The molecule has 1 N–H and O–H groups in total. The molecule has 0 radical (unpaired) electrons. The number of nitrogens with zero attached hydrogens (tertiary/aromatic N) is 3. The van der Waals surface area contributed by atoms with Crippen LogP contribution in [0.5, 0.6) is 11.5 Å². The molecule has 0 aromatic heterocycles. The highest BCUT2D eigenvalue weighted by molar-refractivity contribution is 8.27. The molecule has 192 valence electrons. The summed E-state index contributed by atoms with van der Waals surface area (Å²) in [7, 11) is 1.55. The van der Waals surface area contributed by atoms with Crippen molar-refractivity contribution in [2.75, 3.05) is 19.5 Å². The van der Waals surface area contributed by atoms with Gasteiger partial charge in [0.05, 0.1) is 24.3 Å². The SMILES string of the molecule is COc1cc(C=C2C(=N)N3N=C(c4ccccc4Cl)SC3=NC2=O)ccc1OCCSc1ccc(Cl)cc1. The molecule has 7 nitrogen and oxygen atoms in total. The Balaban J connectivity index is 1.29. The van der Waals surface area contributed by atoms with Crippen LogP contribution < -0.4 is 9.47 Å². The van der Waals surface area contributed by atoms with Crippen LogP contribution in [0.15, 0.2) is 87.3 Å². The van der Waals surface area contributed by atoms with E-state index in [1.165, 1.54) is 16.8 Å². The highest BCUT2D eigenvalue weighted by atomic mass is 35.5. The van der Waals surface area contributed by atoms with Gasteiger partial charge in [-0.2, -0.15) is 15.1 Å². The van der Waals surface area contributed by atoms with E-state index in [1.54, 1.807) is 49.2 Å². The number of thioether (sulfide) groups is 2. The number of amides is 1. The Hall–Kier alpha value is -3.24. The fraction of sp³-hybridized carbons (Fsp3) is 0.111. The zero-order valence-electron chi connectivity index (χ0n) is 20.0. The van der Waals surface area contributed by atoms with Crippen LogP contribution in [0.3, 0.4) is 0 Å². The number of halogens is 2. The van der Waals surface area contributed by atoms with Gasteiger partial charge >= 0.3 is 0 Å².